The summed E-state index contributed by atoms with van der Waals surface area (Å²) in [5, 5.41) is 5.18. The van der Waals surface area contributed by atoms with Crippen molar-refractivity contribution in [2.45, 2.75) is 12.7 Å². The second-order valence-electron chi connectivity index (χ2n) is 3.73. The molecule has 0 unspecified atom stereocenters. The number of carbonyl (C=O) groups excluding carboxylic acids is 1. The standard InChI is InChI=1S/C11H13ClN4O2S/c1-3-18-9(17)6-19-5-8-14-10(12)7-4-13-16(2)11(7)15-8/h4H,3,5-6H2,1-2H3. The zero-order chi connectivity index (χ0) is 13.8. The number of ether oxygens (including phenoxy) is 1. The van der Waals surface area contributed by atoms with Gasteiger partial charge < -0.3 is 4.74 Å². The highest BCUT2D eigenvalue weighted by Crippen LogP contribution is 2.21. The van der Waals surface area contributed by atoms with Gasteiger partial charge in [0.15, 0.2) is 5.65 Å². The van der Waals surface area contributed by atoms with Crippen LogP contribution in [-0.2, 0) is 22.3 Å². The number of hydrogen-bond donors (Lipinski definition) is 0. The van der Waals surface area contributed by atoms with E-state index in [0.717, 1.165) is 5.39 Å². The van der Waals surface area contributed by atoms with Gasteiger partial charge in [0.2, 0.25) is 0 Å². The number of thioether (sulfide) groups is 1. The van der Waals surface area contributed by atoms with Crippen molar-refractivity contribution in [2.75, 3.05) is 12.4 Å². The molecule has 2 aromatic rings. The predicted molar refractivity (Wildman–Crippen MR) is 74.1 cm³/mol. The number of aromatic nitrogens is 4. The fraction of sp³-hybridized carbons (Fsp3) is 0.455. The highest BCUT2D eigenvalue weighted by Gasteiger charge is 2.10. The molecular weight excluding hydrogens is 288 g/mol. The molecule has 0 bridgehead atoms. The topological polar surface area (TPSA) is 69.9 Å². The third kappa shape index (κ3) is 3.36. The summed E-state index contributed by atoms with van der Waals surface area (Å²) in [4.78, 5) is 19.8. The molecule has 0 radical (unpaired) electrons. The van der Waals surface area contributed by atoms with E-state index >= 15 is 0 Å². The van der Waals surface area contributed by atoms with Crippen LogP contribution in [0.4, 0.5) is 0 Å². The summed E-state index contributed by atoms with van der Waals surface area (Å²) in [6, 6.07) is 0. The number of halogens is 1. The Hall–Kier alpha value is -1.34. The van der Waals surface area contributed by atoms with Gasteiger partial charge in [-0.1, -0.05) is 11.6 Å². The second-order valence-corrected chi connectivity index (χ2v) is 5.08. The molecule has 2 heterocycles. The third-order valence-electron chi connectivity index (χ3n) is 2.35. The fourth-order valence-corrected chi connectivity index (χ4v) is 2.42. The van der Waals surface area contributed by atoms with Crippen molar-refractivity contribution in [1.82, 2.24) is 19.7 Å². The average Bonchev–Trinajstić information content (AvgIpc) is 2.72. The summed E-state index contributed by atoms with van der Waals surface area (Å²) >= 11 is 7.45. The van der Waals surface area contributed by atoms with Crippen molar-refractivity contribution < 1.29 is 9.53 Å². The Morgan fingerprint density at radius 1 is 1.53 bits per heavy atom. The predicted octanol–water partition coefficient (Wildman–Crippen LogP) is 1.81. The average molecular weight is 301 g/mol. The van der Waals surface area contributed by atoms with Crippen molar-refractivity contribution in [3.05, 3.63) is 17.2 Å². The molecule has 0 amide bonds. The first-order valence-electron chi connectivity index (χ1n) is 5.69. The molecule has 8 heteroatoms. The largest absolute Gasteiger partial charge is 0.465 e. The lowest BCUT2D eigenvalue weighted by Crippen LogP contribution is -2.07. The Balaban J connectivity index is 2.05. The molecule has 2 rings (SSSR count). The smallest absolute Gasteiger partial charge is 0.315 e. The first-order chi connectivity index (χ1) is 9.11. The molecule has 19 heavy (non-hydrogen) atoms. The van der Waals surface area contributed by atoms with E-state index in [1.807, 2.05) is 0 Å². The van der Waals surface area contributed by atoms with Crippen LogP contribution in [0.25, 0.3) is 11.0 Å². The van der Waals surface area contributed by atoms with E-state index in [1.165, 1.54) is 11.8 Å². The minimum atomic E-state index is -0.236. The van der Waals surface area contributed by atoms with Gasteiger partial charge in [-0.05, 0) is 6.92 Å². The maximum atomic E-state index is 11.2. The second kappa shape index (κ2) is 6.21. The van der Waals surface area contributed by atoms with Crippen molar-refractivity contribution in [3.8, 4) is 0 Å². The fourth-order valence-electron chi connectivity index (χ4n) is 1.52. The van der Waals surface area contributed by atoms with E-state index in [-0.39, 0.29) is 11.7 Å². The van der Waals surface area contributed by atoms with Crippen LogP contribution in [0.2, 0.25) is 5.15 Å². The van der Waals surface area contributed by atoms with Crippen LogP contribution in [0, 0.1) is 0 Å². The van der Waals surface area contributed by atoms with Gasteiger partial charge in [0, 0.05) is 7.05 Å². The molecule has 0 spiro atoms. The van der Waals surface area contributed by atoms with E-state index in [4.69, 9.17) is 16.3 Å². The monoisotopic (exact) mass is 300 g/mol. The molecular formula is C11H13ClN4O2S. The Labute approximate surface area is 119 Å². The number of esters is 1. The first-order valence-corrected chi connectivity index (χ1v) is 7.22. The molecule has 0 saturated carbocycles. The van der Waals surface area contributed by atoms with Gasteiger partial charge in [-0.3, -0.25) is 9.48 Å². The lowest BCUT2D eigenvalue weighted by Gasteiger charge is -2.03. The number of nitrogens with zero attached hydrogens (tertiary/aromatic N) is 4. The van der Waals surface area contributed by atoms with Crippen molar-refractivity contribution >= 4 is 40.4 Å². The zero-order valence-corrected chi connectivity index (χ0v) is 12.2. The Morgan fingerprint density at radius 2 is 2.32 bits per heavy atom. The number of hydrogen-bond acceptors (Lipinski definition) is 6. The van der Waals surface area contributed by atoms with Crippen LogP contribution in [0.5, 0.6) is 0 Å². The summed E-state index contributed by atoms with van der Waals surface area (Å²) < 4.78 is 6.48. The Kier molecular flexibility index (Phi) is 4.60. The maximum Gasteiger partial charge on any atom is 0.315 e. The van der Waals surface area contributed by atoms with E-state index in [1.54, 1.807) is 24.9 Å². The van der Waals surface area contributed by atoms with Crippen LogP contribution >= 0.6 is 23.4 Å². The number of carbonyl (C=O) groups is 1. The lowest BCUT2D eigenvalue weighted by atomic mass is 10.4. The Morgan fingerprint density at radius 3 is 3.05 bits per heavy atom. The van der Waals surface area contributed by atoms with Crippen molar-refractivity contribution in [3.63, 3.8) is 0 Å². The minimum absolute atomic E-state index is 0.236. The summed E-state index contributed by atoms with van der Waals surface area (Å²) in [6.45, 7) is 2.17. The lowest BCUT2D eigenvalue weighted by molar-refractivity contribution is -0.139. The maximum absolute atomic E-state index is 11.2. The molecule has 0 aliphatic heterocycles. The normalized spacial score (nSPS) is 10.9. The highest BCUT2D eigenvalue weighted by atomic mass is 35.5. The number of rotatable bonds is 5. The minimum Gasteiger partial charge on any atom is -0.465 e. The zero-order valence-electron chi connectivity index (χ0n) is 10.6. The van der Waals surface area contributed by atoms with Gasteiger partial charge in [0.1, 0.15) is 11.0 Å². The van der Waals surface area contributed by atoms with Crippen molar-refractivity contribution in [2.24, 2.45) is 7.05 Å². The number of fused-ring (bicyclic) bond motifs is 1. The first kappa shape index (κ1) is 14.1. The van der Waals surface area contributed by atoms with Gasteiger partial charge in [-0.15, -0.1) is 11.8 Å². The molecule has 102 valence electrons. The quantitative estimate of drug-likeness (QED) is 0.619. The Bertz CT molecular complexity index is 602. The molecule has 0 aliphatic rings. The van der Waals surface area contributed by atoms with Crippen LogP contribution in [0.1, 0.15) is 12.7 Å². The van der Waals surface area contributed by atoms with Gasteiger partial charge in [0.25, 0.3) is 0 Å². The highest BCUT2D eigenvalue weighted by molar-refractivity contribution is 7.99. The van der Waals surface area contributed by atoms with Gasteiger partial charge in [-0.2, -0.15) is 5.10 Å². The van der Waals surface area contributed by atoms with Gasteiger partial charge in [0.05, 0.1) is 29.7 Å². The van der Waals surface area contributed by atoms with E-state index in [2.05, 4.69) is 15.1 Å². The van der Waals surface area contributed by atoms with Crippen LogP contribution in [0.3, 0.4) is 0 Å². The SMILES string of the molecule is CCOC(=O)CSCc1nc(Cl)c2cnn(C)c2n1. The molecule has 0 N–H and O–H groups in total. The van der Waals surface area contributed by atoms with E-state index in [0.29, 0.717) is 29.0 Å². The van der Waals surface area contributed by atoms with Crippen molar-refractivity contribution in [1.29, 1.82) is 0 Å². The summed E-state index contributed by atoms with van der Waals surface area (Å²) in [5.74, 6) is 1.12. The third-order valence-corrected chi connectivity index (χ3v) is 3.54. The molecule has 0 fully saturated rings. The molecule has 2 aromatic heterocycles. The number of aryl methyl sites for hydroxylation is 1. The van der Waals surface area contributed by atoms with Crippen LogP contribution < -0.4 is 0 Å². The molecule has 0 aromatic carbocycles. The van der Waals surface area contributed by atoms with Gasteiger partial charge in [-0.25, -0.2) is 9.97 Å². The van der Waals surface area contributed by atoms with E-state index < -0.39 is 0 Å². The van der Waals surface area contributed by atoms with E-state index in [9.17, 15) is 4.79 Å². The summed E-state index contributed by atoms with van der Waals surface area (Å²) in [7, 11) is 1.79. The summed E-state index contributed by atoms with van der Waals surface area (Å²) in [5.41, 5.74) is 0.687. The van der Waals surface area contributed by atoms with Crippen LogP contribution in [-0.4, -0.2) is 38.1 Å². The molecule has 0 aliphatic carbocycles. The van der Waals surface area contributed by atoms with Gasteiger partial charge >= 0.3 is 5.97 Å². The molecule has 6 nitrogen and oxygen atoms in total. The summed E-state index contributed by atoms with van der Waals surface area (Å²) in [6.07, 6.45) is 1.63. The molecule has 0 saturated heterocycles. The van der Waals surface area contributed by atoms with Crippen LogP contribution in [0.15, 0.2) is 6.20 Å². The molecule has 0 atom stereocenters.